The van der Waals surface area contributed by atoms with Crippen LogP contribution >= 0.6 is 0 Å². The molecule has 11 nitrogen and oxygen atoms in total. The SMILES string of the molecule is NC(CCC(=O)Nc1ccc([N+](=O)[O-])c(S(=O)(=O)O)c1)C(=O)O. The summed E-state index contributed by atoms with van der Waals surface area (Å²) in [5.74, 6) is -1.95. The lowest BCUT2D eigenvalue weighted by Gasteiger charge is -2.08. The molecule has 1 rings (SSSR count). The number of nitrogens with one attached hydrogen (secondary N) is 1. The van der Waals surface area contributed by atoms with Crippen molar-refractivity contribution in [2.75, 3.05) is 5.32 Å². The fraction of sp³-hybridized carbons (Fsp3) is 0.273. The molecule has 0 saturated carbocycles. The van der Waals surface area contributed by atoms with Crippen LogP contribution in [0.4, 0.5) is 11.4 Å². The zero-order valence-electron chi connectivity index (χ0n) is 11.5. The molecule has 0 aliphatic rings. The molecule has 1 aromatic carbocycles. The van der Waals surface area contributed by atoms with E-state index in [0.29, 0.717) is 0 Å². The average molecular weight is 347 g/mol. The Hall–Kier alpha value is -2.57. The molecule has 1 unspecified atom stereocenters. The summed E-state index contributed by atoms with van der Waals surface area (Å²) in [5, 5.41) is 21.5. The lowest BCUT2D eigenvalue weighted by atomic mass is 10.1. The van der Waals surface area contributed by atoms with E-state index in [1.807, 2.05) is 0 Å². The number of hydrogen-bond donors (Lipinski definition) is 4. The van der Waals surface area contributed by atoms with Gasteiger partial charge in [-0.05, 0) is 18.6 Å². The average Bonchev–Trinajstić information content (AvgIpc) is 2.43. The van der Waals surface area contributed by atoms with Crippen molar-refractivity contribution in [2.45, 2.75) is 23.8 Å². The van der Waals surface area contributed by atoms with Crippen molar-refractivity contribution >= 4 is 33.4 Å². The number of carbonyl (C=O) groups excluding carboxylic acids is 1. The van der Waals surface area contributed by atoms with E-state index in [1.54, 1.807) is 0 Å². The topological polar surface area (TPSA) is 190 Å². The lowest BCUT2D eigenvalue weighted by Crippen LogP contribution is -2.31. The van der Waals surface area contributed by atoms with Crippen LogP contribution in [0, 0.1) is 10.1 Å². The van der Waals surface area contributed by atoms with Gasteiger partial charge in [0.2, 0.25) is 5.91 Å². The Kier molecular flexibility index (Phi) is 5.73. The smallest absolute Gasteiger partial charge is 0.320 e. The molecule has 0 aliphatic heterocycles. The number of nitro benzene ring substituents is 1. The molecule has 0 aliphatic carbocycles. The quantitative estimate of drug-likeness (QED) is 0.298. The van der Waals surface area contributed by atoms with Gasteiger partial charge in [0, 0.05) is 18.2 Å². The fourth-order valence-electron chi connectivity index (χ4n) is 1.58. The van der Waals surface area contributed by atoms with Gasteiger partial charge in [-0.1, -0.05) is 0 Å². The summed E-state index contributed by atoms with van der Waals surface area (Å²) in [4.78, 5) is 30.9. The summed E-state index contributed by atoms with van der Waals surface area (Å²) in [7, 11) is -4.86. The first kappa shape index (κ1) is 18.5. The third kappa shape index (κ3) is 5.28. The largest absolute Gasteiger partial charge is 0.480 e. The Morgan fingerprint density at radius 2 is 2.00 bits per heavy atom. The second-order valence-electron chi connectivity index (χ2n) is 4.45. The number of nitrogens with two attached hydrogens (primary N) is 1. The molecule has 1 atom stereocenters. The Bertz CT molecular complexity index is 746. The van der Waals surface area contributed by atoms with Gasteiger partial charge in [0.15, 0.2) is 4.90 Å². The van der Waals surface area contributed by atoms with Crippen molar-refractivity contribution in [3.8, 4) is 0 Å². The molecule has 0 spiro atoms. The molecule has 1 amide bonds. The normalized spacial score (nSPS) is 12.4. The summed E-state index contributed by atoms with van der Waals surface area (Å²) >= 11 is 0. The molecular weight excluding hydrogens is 334 g/mol. The maximum Gasteiger partial charge on any atom is 0.320 e. The summed E-state index contributed by atoms with van der Waals surface area (Å²) in [6.45, 7) is 0. The Morgan fingerprint density at radius 1 is 1.39 bits per heavy atom. The Morgan fingerprint density at radius 3 is 2.48 bits per heavy atom. The highest BCUT2D eigenvalue weighted by atomic mass is 32.2. The van der Waals surface area contributed by atoms with Crippen LogP contribution in [0.1, 0.15) is 12.8 Å². The third-order valence-corrected chi connectivity index (χ3v) is 3.60. The Labute approximate surface area is 130 Å². The molecule has 0 fully saturated rings. The van der Waals surface area contributed by atoms with Gasteiger partial charge in [0.05, 0.1) is 4.92 Å². The zero-order valence-corrected chi connectivity index (χ0v) is 12.3. The molecule has 0 aromatic heterocycles. The number of aliphatic carboxylic acids is 1. The first-order valence-electron chi connectivity index (χ1n) is 6.06. The highest BCUT2D eigenvalue weighted by molar-refractivity contribution is 7.86. The highest BCUT2D eigenvalue weighted by Gasteiger charge is 2.24. The highest BCUT2D eigenvalue weighted by Crippen LogP contribution is 2.26. The molecule has 1 aromatic rings. The van der Waals surface area contributed by atoms with Crippen LogP contribution < -0.4 is 11.1 Å². The van der Waals surface area contributed by atoms with Crippen molar-refractivity contribution in [3.63, 3.8) is 0 Å². The summed E-state index contributed by atoms with van der Waals surface area (Å²) in [5.41, 5.74) is 4.26. The third-order valence-electron chi connectivity index (χ3n) is 2.72. The first-order chi connectivity index (χ1) is 10.5. The maximum atomic E-state index is 11.6. The van der Waals surface area contributed by atoms with Gasteiger partial charge in [0.1, 0.15) is 6.04 Å². The standard InChI is InChI=1S/C11H13N3O8S/c12-7(11(16)17)2-4-10(15)13-6-1-3-8(14(18)19)9(5-6)23(20,21)22/h1,3,5,7H,2,4,12H2,(H,13,15)(H,16,17)(H,20,21,22). The number of rotatable bonds is 7. The van der Waals surface area contributed by atoms with E-state index in [0.717, 1.165) is 18.2 Å². The van der Waals surface area contributed by atoms with Gasteiger partial charge in [-0.2, -0.15) is 8.42 Å². The fourth-order valence-corrected chi connectivity index (χ4v) is 2.27. The van der Waals surface area contributed by atoms with Crippen LogP contribution in [0.2, 0.25) is 0 Å². The van der Waals surface area contributed by atoms with Gasteiger partial charge in [-0.25, -0.2) is 0 Å². The van der Waals surface area contributed by atoms with Crippen LogP contribution in [0.3, 0.4) is 0 Å². The number of nitro groups is 1. The number of hydrogen-bond acceptors (Lipinski definition) is 7. The van der Waals surface area contributed by atoms with Crippen molar-refractivity contribution < 1.29 is 32.6 Å². The van der Waals surface area contributed by atoms with E-state index in [1.165, 1.54) is 0 Å². The number of nitrogens with zero attached hydrogens (tertiary/aromatic N) is 1. The minimum absolute atomic E-state index is 0.114. The number of amides is 1. The lowest BCUT2D eigenvalue weighted by molar-refractivity contribution is -0.387. The van der Waals surface area contributed by atoms with Crippen LogP contribution in [0.15, 0.2) is 23.1 Å². The van der Waals surface area contributed by atoms with Crippen LogP contribution in [-0.2, 0) is 19.7 Å². The molecular formula is C11H13N3O8S. The van der Waals surface area contributed by atoms with E-state index in [9.17, 15) is 28.1 Å². The number of carbonyl (C=O) groups is 2. The minimum atomic E-state index is -4.86. The van der Waals surface area contributed by atoms with E-state index < -0.39 is 43.5 Å². The zero-order chi connectivity index (χ0) is 17.8. The number of carboxylic acids is 1. The predicted molar refractivity (Wildman–Crippen MR) is 76.4 cm³/mol. The molecule has 12 heteroatoms. The van der Waals surface area contributed by atoms with Gasteiger partial charge in [-0.15, -0.1) is 0 Å². The van der Waals surface area contributed by atoms with Gasteiger partial charge in [-0.3, -0.25) is 24.3 Å². The van der Waals surface area contributed by atoms with Crippen LogP contribution in [0.5, 0.6) is 0 Å². The Balaban J connectivity index is 2.92. The van der Waals surface area contributed by atoms with E-state index in [2.05, 4.69) is 5.32 Å². The summed E-state index contributed by atoms with van der Waals surface area (Å²) in [6.07, 6.45) is -0.412. The second kappa shape index (κ2) is 7.13. The van der Waals surface area contributed by atoms with Crippen LogP contribution in [-0.4, -0.2) is 40.9 Å². The molecule has 0 saturated heterocycles. The van der Waals surface area contributed by atoms with E-state index in [4.69, 9.17) is 15.4 Å². The summed E-state index contributed by atoms with van der Waals surface area (Å²) in [6, 6.07) is 1.37. The molecule has 5 N–H and O–H groups in total. The van der Waals surface area contributed by atoms with Crippen molar-refractivity contribution in [1.82, 2.24) is 0 Å². The first-order valence-corrected chi connectivity index (χ1v) is 7.50. The monoisotopic (exact) mass is 347 g/mol. The molecule has 0 bridgehead atoms. The molecule has 126 valence electrons. The van der Waals surface area contributed by atoms with E-state index in [-0.39, 0.29) is 18.5 Å². The number of anilines is 1. The van der Waals surface area contributed by atoms with E-state index >= 15 is 0 Å². The van der Waals surface area contributed by atoms with Gasteiger partial charge < -0.3 is 16.2 Å². The number of carboxylic acid groups (broad SMARTS) is 1. The van der Waals surface area contributed by atoms with Gasteiger partial charge in [0.25, 0.3) is 5.69 Å². The summed E-state index contributed by atoms with van der Waals surface area (Å²) < 4.78 is 31.3. The van der Waals surface area contributed by atoms with Crippen molar-refractivity contribution in [3.05, 3.63) is 28.3 Å². The van der Waals surface area contributed by atoms with Crippen molar-refractivity contribution in [2.24, 2.45) is 5.73 Å². The predicted octanol–water partition coefficient (Wildman–Crippen LogP) is -0.0279. The van der Waals surface area contributed by atoms with Crippen molar-refractivity contribution in [1.29, 1.82) is 0 Å². The number of benzene rings is 1. The molecule has 23 heavy (non-hydrogen) atoms. The second-order valence-corrected chi connectivity index (χ2v) is 5.84. The molecule has 0 radical (unpaired) electrons. The maximum absolute atomic E-state index is 11.6. The van der Waals surface area contributed by atoms with Gasteiger partial charge >= 0.3 is 16.1 Å². The van der Waals surface area contributed by atoms with Crippen LogP contribution in [0.25, 0.3) is 0 Å². The minimum Gasteiger partial charge on any atom is -0.480 e. The molecule has 0 heterocycles.